The van der Waals surface area contributed by atoms with Crippen molar-refractivity contribution in [3.05, 3.63) is 12.7 Å². The number of hydrogen-bond donors (Lipinski definition) is 1. The summed E-state index contributed by atoms with van der Waals surface area (Å²) in [6, 6.07) is 0. The second kappa shape index (κ2) is 10.3. The van der Waals surface area contributed by atoms with Crippen molar-refractivity contribution < 1.29 is 28.9 Å². The fraction of sp³-hybridized carbons (Fsp3) is 0.429. The lowest BCUT2D eigenvalue weighted by molar-refractivity contribution is 0.0923. The standard InChI is InChI=1S/C4H6O3.C3H6O3/c1-2-3-7-4(5)6;1-5-3(4)6-2/h2H,1,3H2,(H,5,6);1-2H3. The van der Waals surface area contributed by atoms with E-state index < -0.39 is 12.3 Å². The Labute approximate surface area is 75.7 Å². The largest absolute Gasteiger partial charge is 0.507 e. The first-order valence-electron chi connectivity index (χ1n) is 3.17. The zero-order valence-electron chi connectivity index (χ0n) is 7.48. The molecule has 0 spiro atoms. The first-order valence-corrected chi connectivity index (χ1v) is 3.17. The highest BCUT2D eigenvalue weighted by atomic mass is 16.7. The molecule has 0 saturated heterocycles. The number of ether oxygens (including phenoxy) is 3. The summed E-state index contributed by atoms with van der Waals surface area (Å²) in [5, 5.41) is 7.77. The van der Waals surface area contributed by atoms with Crippen LogP contribution in [0.4, 0.5) is 9.59 Å². The number of carboxylic acid groups (broad SMARTS) is 1. The van der Waals surface area contributed by atoms with Crippen molar-refractivity contribution in [2.75, 3.05) is 20.8 Å². The molecule has 6 nitrogen and oxygen atoms in total. The van der Waals surface area contributed by atoms with Gasteiger partial charge in [0.25, 0.3) is 0 Å². The molecule has 6 heteroatoms. The molecule has 0 amide bonds. The first kappa shape index (κ1) is 13.8. The summed E-state index contributed by atoms with van der Waals surface area (Å²) >= 11 is 0. The minimum atomic E-state index is -1.26. The quantitative estimate of drug-likeness (QED) is 0.524. The minimum absolute atomic E-state index is 0.0648. The van der Waals surface area contributed by atoms with E-state index in [1.54, 1.807) is 0 Å². The molecule has 0 aromatic rings. The van der Waals surface area contributed by atoms with Crippen LogP contribution in [0.5, 0.6) is 0 Å². The molecule has 0 unspecified atom stereocenters. The molecule has 0 bridgehead atoms. The van der Waals surface area contributed by atoms with E-state index in [1.165, 1.54) is 20.3 Å². The van der Waals surface area contributed by atoms with Gasteiger partial charge in [-0.25, -0.2) is 9.59 Å². The lowest BCUT2D eigenvalue weighted by Gasteiger charge is -1.89. The maximum Gasteiger partial charge on any atom is 0.507 e. The Morgan fingerprint density at radius 2 is 1.85 bits per heavy atom. The van der Waals surface area contributed by atoms with Crippen LogP contribution < -0.4 is 0 Å². The highest BCUT2D eigenvalue weighted by molar-refractivity contribution is 5.59. The van der Waals surface area contributed by atoms with Crippen molar-refractivity contribution in [1.29, 1.82) is 0 Å². The number of methoxy groups -OCH3 is 2. The topological polar surface area (TPSA) is 82.1 Å². The third-order valence-corrected chi connectivity index (χ3v) is 0.658. The van der Waals surface area contributed by atoms with Crippen molar-refractivity contribution in [2.45, 2.75) is 0 Å². The second-order valence-corrected chi connectivity index (χ2v) is 1.52. The first-order chi connectivity index (χ1) is 6.08. The van der Waals surface area contributed by atoms with Crippen LogP contribution in [0, 0.1) is 0 Å². The van der Waals surface area contributed by atoms with Gasteiger partial charge in [-0.15, -0.1) is 0 Å². The average molecular weight is 192 g/mol. The highest BCUT2D eigenvalue weighted by Crippen LogP contribution is 1.73. The SMILES string of the molecule is C=CCOC(=O)O.COC(=O)OC. The van der Waals surface area contributed by atoms with Crippen LogP contribution in [0.2, 0.25) is 0 Å². The molecule has 1 N–H and O–H groups in total. The Morgan fingerprint density at radius 3 is 1.92 bits per heavy atom. The predicted molar refractivity (Wildman–Crippen MR) is 43.6 cm³/mol. The molecule has 0 aliphatic carbocycles. The van der Waals surface area contributed by atoms with Gasteiger partial charge in [0.15, 0.2) is 0 Å². The Morgan fingerprint density at radius 1 is 1.38 bits per heavy atom. The van der Waals surface area contributed by atoms with Crippen LogP contribution in [-0.2, 0) is 14.2 Å². The van der Waals surface area contributed by atoms with Gasteiger partial charge in [0.1, 0.15) is 6.61 Å². The van der Waals surface area contributed by atoms with Crippen molar-refractivity contribution in [3.8, 4) is 0 Å². The summed E-state index contributed by atoms with van der Waals surface area (Å²) in [4.78, 5) is 19.2. The monoisotopic (exact) mass is 192 g/mol. The molecule has 0 radical (unpaired) electrons. The van der Waals surface area contributed by atoms with E-state index >= 15 is 0 Å². The minimum Gasteiger partial charge on any atom is -0.450 e. The zero-order chi connectivity index (χ0) is 10.7. The highest BCUT2D eigenvalue weighted by Gasteiger charge is 1.89. The molecular formula is C7H12O6. The van der Waals surface area contributed by atoms with E-state index in [2.05, 4.69) is 20.8 Å². The van der Waals surface area contributed by atoms with Crippen molar-refractivity contribution >= 4 is 12.3 Å². The third-order valence-electron chi connectivity index (χ3n) is 0.658. The Bertz CT molecular complexity index is 158. The maximum atomic E-state index is 9.74. The van der Waals surface area contributed by atoms with E-state index in [-0.39, 0.29) is 6.61 Å². The molecule has 0 aliphatic heterocycles. The zero-order valence-corrected chi connectivity index (χ0v) is 7.48. The molecule has 0 rings (SSSR count). The lowest BCUT2D eigenvalue weighted by atomic mass is 10.7. The predicted octanol–water partition coefficient (Wildman–Crippen LogP) is 1.27. The molecule has 0 atom stereocenters. The molecule has 0 heterocycles. The van der Waals surface area contributed by atoms with Crippen LogP contribution in [0.1, 0.15) is 0 Å². The summed E-state index contributed by atoms with van der Waals surface area (Å²) in [7, 11) is 2.51. The summed E-state index contributed by atoms with van der Waals surface area (Å²) < 4.78 is 12.1. The van der Waals surface area contributed by atoms with Gasteiger partial charge in [0, 0.05) is 0 Å². The van der Waals surface area contributed by atoms with Crippen LogP contribution in [0.15, 0.2) is 12.7 Å². The lowest BCUT2D eigenvalue weighted by Crippen LogP contribution is -1.98. The van der Waals surface area contributed by atoms with Gasteiger partial charge < -0.3 is 19.3 Å². The van der Waals surface area contributed by atoms with E-state index in [0.717, 1.165) is 0 Å². The van der Waals surface area contributed by atoms with Gasteiger partial charge >= 0.3 is 12.3 Å². The normalized spacial score (nSPS) is 7.23. The van der Waals surface area contributed by atoms with Crippen LogP contribution in [0.3, 0.4) is 0 Å². The van der Waals surface area contributed by atoms with Gasteiger partial charge in [0.2, 0.25) is 0 Å². The second-order valence-electron chi connectivity index (χ2n) is 1.52. The van der Waals surface area contributed by atoms with E-state index in [4.69, 9.17) is 5.11 Å². The van der Waals surface area contributed by atoms with E-state index in [1.807, 2.05) is 0 Å². The Kier molecular flexibility index (Phi) is 10.9. The van der Waals surface area contributed by atoms with Gasteiger partial charge in [-0.2, -0.15) is 0 Å². The molecule has 13 heavy (non-hydrogen) atoms. The number of rotatable bonds is 2. The molecular weight excluding hydrogens is 180 g/mol. The van der Waals surface area contributed by atoms with Crippen molar-refractivity contribution in [2.24, 2.45) is 0 Å². The third kappa shape index (κ3) is 17.9. The van der Waals surface area contributed by atoms with Gasteiger partial charge in [0.05, 0.1) is 14.2 Å². The number of carbonyl (C=O) groups excluding carboxylic acids is 1. The van der Waals surface area contributed by atoms with Crippen molar-refractivity contribution in [1.82, 2.24) is 0 Å². The van der Waals surface area contributed by atoms with Crippen LogP contribution >= 0.6 is 0 Å². The fourth-order valence-corrected chi connectivity index (χ4v) is 0.214. The average Bonchev–Trinajstić information content (AvgIpc) is 2.14. The molecule has 76 valence electrons. The molecule has 0 aromatic heterocycles. The smallest absolute Gasteiger partial charge is 0.450 e. The molecule has 0 aliphatic rings. The fourth-order valence-electron chi connectivity index (χ4n) is 0.214. The molecule has 0 fully saturated rings. The Hall–Kier alpha value is -1.72. The number of carbonyl (C=O) groups is 2. The van der Waals surface area contributed by atoms with Gasteiger partial charge in [-0.3, -0.25) is 0 Å². The van der Waals surface area contributed by atoms with Crippen LogP contribution in [-0.4, -0.2) is 38.2 Å². The number of hydrogen-bond acceptors (Lipinski definition) is 5. The van der Waals surface area contributed by atoms with E-state index in [0.29, 0.717) is 0 Å². The maximum absolute atomic E-state index is 9.74. The molecule has 0 aromatic carbocycles. The summed E-state index contributed by atoms with van der Waals surface area (Å²) in [5.41, 5.74) is 0. The van der Waals surface area contributed by atoms with Gasteiger partial charge in [-0.1, -0.05) is 12.7 Å². The van der Waals surface area contributed by atoms with Crippen molar-refractivity contribution in [3.63, 3.8) is 0 Å². The summed E-state index contributed by atoms with van der Waals surface area (Å²) in [6.45, 7) is 3.31. The summed E-state index contributed by atoms with van der Waals surface area (Å²) in [5.74, 6) is 0. The summed E-state index contributed by atoms with van der Waals surface area (Å²) in [6.07, 6.45) is -0.552. The molecule has 0 saturated carbocycles. The van der Waals surface area contributed by atoms with Gasteiger partial charge in [-0.05, 0) is 0 Å². The van der Waals surface area contributed by atoms with E-state index in [9.17, 15) is 9.59 Å². The van der Waals surface area contributed by atoms with Crippen LogP contribution in [0.25, 0.3) is 0 Å². The Balaban J connectivity index is 0.